The molecule has 1 aromatic carbocycles. The smallest absolute Gasteiger partial charge is 0.345 e. The van der Waals surface area contributed by atoms with Crippen LogP contribution in [0.2, 0.25) is 0 Å². The summed E-state index contributed by atoms with van der Waals surface area (Å²) >= 11 is 0. The van der Waals surface area contributed by atoms with Gasteiger partial charge in [-0.3, -0.25) is 4.74 Å². The van der Waals surface area contributed by atoms with Crippen LogP contribution in [0.5, 0.6) is 0 Å². The number of nitrogens with two attached hydrogens (primary N) is 1. The summed E-state index contributed by atoms with van der Waals surface area (Å²) in [6.07, 6.45) is -2.83. The number of hydrogen-bond acceptors (Lipinski definition) is 2. The van der Waals surface area contributed by atoms with E-state index in [1.165, 1.54) is 0 Å². The van der Waals surface area contributed by atoms with Crippen molar-refractivity contribution in [3.8, 4) is 0 Å². The number of alkyl halides is 3. The molecule has 0 radical (unpaired) electrons. The van der Waals surface area contributed by atoms with Gasteiger partial charge in [0.05, 0.1) is 6.61 Å². The molecule has 3 nitrogen and oxygen atoms in total. The highest BCUT2D eigenvalue weighted by Crippen LogP contribution is 2.19. The molecule has 0 atom stereocenters. The maximum Gasteiger partial charge on any atom is 0.522 e. The van der Waals surface area contributed by atoms with E-state index >= 15 is 0 Å². The van der Waals surface area contributed by atoms with Gasteiger partial charge in [0.1, 0.15) is 0 Å². The summed E-state index contributed by atoms with van der Waals surface area (Å²) in [5, 5.41) is 0.963. The van der Waals surface area contributed by atoms with Crippen LogP contribution in [0.4, 0.5) is 13.2 Å². The van der Waals surface area contributed by atoms with Crippen molar-refractivity contribution in [2.75, 3.05) is 6.61 Å². The second kappa shape index (κ2) is 4.99. The minimum absolute atomic E-state index is 0.158. The average molecular weight is 258 g/mol. The number of aromatic nitrogens is 1. The molecular formula is C12H13F3N2O. The van der Waals surface area contributed by atoms with Crippen molar-refractivity contribution in [2.45, 2.75) is 19.5 Å². The van der Waals surface area contributed by atoms with Crippen molar-refractivity contribution in [1.82, 2.24) is 4.57 Å². The lowest BCUT2D eigenvalue weighted by Gasteiger charge is -2.09. The lowest BCUT2D eigenvalue weighted by Crippen LogP contribution is -2.17. The molecule has 2 aromatic rings. The zero-order valence-corrected chi connectivity index (χ0v) is 9.57. The largest absolute Gasteiger partial charge is 0.522 e. The first-order valence-electron chi connectivity index (χ1n) is 5.48. The van der Waals surface area contributed by atoms with E-state index in [2.05, 4.69) is 4.74 Å². The summed E-state index contributed by atoms with van der Waals surface area (Å²) in [7, 11) is 0. The molecule has 0 aliphatic carbocycles. The molecule has 0 unspecified atom stereocenters. The van der Waals surface area contributed by atoms with Gasteiger partial charge in [0.2, 0.25) is 0 Å². The first kappa shape index (κ1) is 12.9. The van der Waals surface area contributed by atoms with E-state index in [1.54, 1.807) is 10.8 Å². The highest BCUT2D eigenvalue weighted by Gasteiger charge is 2.28. The van der Waals surface area contributed by atoms with Crippen LogP contribution in [-0.4, -0.2) is 17.5 Å². The molecule has 0 aliphatic heterocycles. The maximum atomic E-state index is 11.9. The molecule has 1 aromatic heterocycles. The van der Waals surface area contributed by atoms with Gasteiger partial charge < -0.3 is 10.3 Å². The molecule has 0 saturated carbocycles. The summed E-state index contributed by atoms with van der Waals surface area (Å²) in [6.45, 7) is 0.204. The van der Waals surface area contributed by atoms with Gasteiger partial charge in [-0.25, -0.2) is 0 Å². The molecule has 2 rings (SSSR count). The number of rotatable bonds is 4. The van der Waals surface area contributed by atoms with Gasteiger partial charge in [-0.15, -0.1) is 13.2 Å². The highest BCUT2D eigenvalue weighted by molar-refractivity contribution is 5.80. The predicted molar refractivity (Wildman–Crippen MR) is 61.8 cm³/mol. The molecule has 6 heteroatoms. The van der Waals surface area contributed by atoms with Crippen LogP contribution in [-0.2, 0) is 17.8 Å². The standard InChI is InChI=1S/C12H13F3N2O/c13-12(14,15)18-6-5-17-4-3-10-7-9(8-16)1-2-11(10)17/h1-4,7H,5-6,8,16H2. The third kappa shape index (κ3) is 3.02. The SMILES string of the molecule is NCc1ccc2c(ccn2CCOC(F)(F)F)c1. The number of ether oxygens (including phenoxy) is 1. The Morgan fingerprint density at radius 3 is 2.67 bits per heavy atom. The van der Waals surface area contributed by atoms with Crippen molar-refractivity contribution in [1.29, 1.82) is 0 Å². The predicted octanol–water partition coefficient (Wildman–Crippen LogP) is 2.64. The fraction of sp³-hybridized carbons (Fsp3) is 0.333. The molecule has 0 bridgehead atoms. The zero-order valence-electron chi connectivity index (χ0n) is 9.57. The molecule has 2 N–H and O–H groups in total. The lowest BCUT2D eigenvalue weighted by atomic mass is 10.1. The van der Waals surface area contributed by atoms with Gasteiger partial charge in [0.25, 0.3) is 0 Å². The van der Waals surface area contributed by atoms with Crippen LogP contribution in [0.25, 0.3) is 10.9 Å². The van der Waals surface area contributed by atoms with Crippen LogP contribution >= 0.6 is 0 Å². The quantitative estimate of drug-likeness (QED) is 0.915. The van der Waals surface area contributed by atoms with Crippen LogP contribution < -0.4 is 5.73 Å². The Morgan fingerprint density at radius 2 is 2.00 bits per heavy atom. The molecule has 0 spiro atoms. The Balaban J connectivity index is 2.10. The maximum absolute atomic E-state index is 11.9. The van der Waals surface area contributed by atoms with Crippen molar-refractivity contribution in [3.63, 3.8) is 0 Å². The molecule has 0 amide bonds. The van der Waals surface area contributed by atoms with E-state index < -0.39 is 13.0 Å². The summed E-state index contributed by atoms with van der Waals surface area (Å²) in [5.74, 6) is 0. The van der Waals surface area contributed by atoms with Gasteiger partial charge in [-0.1, -0.05) is 6.07 Å². The van der Waals surface area contributed by atoms with E-state index in [9.17, 15) is 13.2 Å². The monoisotopic (exact) mass is 258 g/mol. The summed E-state index contributed by atoms with van der Waals surface area (Å²) in [5.41, 5.74) is 7.39. The van der Waals surface area contributed by atoms with E-state index in [1.807, 2.05) is 24.3 Å². The van der Waals surface area contributed by atoms with Gasteiger partial charge in [0.15, 0.2) is 0 Å². The fourth-order valence-corrected chi connectivity index (χ4v) is 1.83. The highest BCUT2D eigenvalue weighted by atomic mass is 19.4. The van der Waals surface area contributed by atoms with Gasteiger partial charge in [0, 0.05) is 24.8 Å². The fourth-order valence-electron chi connectivity index (χ4n) is 1.83. The first-order valence-corrected chi connectivity index (χ1v) is 5.48. The molecule has 0 saturated heterocycles. The Labute approximate surface area is 102 Å². The van der Waals surface area contributed by atoms with Crippen LogP contribution in [0.15, 0.2) is 30.5 Å². The first-order chi connectivity index (χ1) is 8.49. The topological polar surface area (TPSA) is 40.2 Å². The van der Waals surface area contributed by atoms with Crippen LogP contribution in [0.1, 0.15) is 5.56 Å². The number of nitrogens with zero attached hydrogens (tertiary/aromatic N) is 1. The molecule has 1 heterocycles. The summed E-state index contributed by atoms with van der Waals surface area (Å²) in [4.78, 5) is 0. The third-order valence-corrected chi connectivity index (χ3v) is 2.67. The number of hydrogen-bond donors (Lipinski definition) is 1. The Hall–Kier alpha value is -1.53. The van der Waals surface area contributed by atoms with E-state index in [0.717, 1.165) is 16.5 Å². The Bertz CT molecular complexity index is 534. The zero-order chi connectivity index (χ0) is 13.2. The van der Waals surface area contributed by atoms with Gasteiger partial charge in [-0.2, -0.15) is 0 Å². The summed E-state index contributed by atoms with van der Waals surface area (Å²) in [6, 6.07) is 7.49. The normalized spacial score (nSPS) is 12.2. The second-order valence-electron chi connectivity index (χ2n) is 3.90. The minimum atomic E-state index is -4.57. The molecule has 18 heavy (non-hydrogen) atoms. The number of benzene rings is 1. The average Bonchev–Trinajstić information content (AvgIpc) is 2.70. The molecule has 98 valence electrons. The van der Waals surface area contributed by atoms with Crippen molar-refractivity contribution < 1.29 is 17.9 Å². The van der Waals surface area contributed by atoms with Gasteiger partial charge in [-0.05, 0) is 29.1 Å². The second-order valence-corrected chi connectivity index (χ2v) is 3.90. The molecule has 0 fully saturated rings. The number of halogens is 3. The molecule has 0 aliphatic rings. The summed E-state index contributed by atoms with van der Waals surface area (Å²) < 4.78 is 41.0. The van der Waals surface area contributed by atoms with Crippen LogP contribution in [0, 0.1) is 0 Å². The number of fused-ring (bicyclic) bond motifs is 1. The van der Waals surface area contributed by atoms with Gasteiger partial charge >= 0.3 is 6.36 Å². The van der Waals surface area contributed by atoms with E-state index in [0.29, 0.717) is 6.54 Å². The van der Waals surface area contributed by atoms with Crippen molar-refractivity contribution >= 4 is 10.9 Å². The van der Waals surface area contributed by atoms with E-state index in [4.69, 9.17) is 5.73 Å². The van der Waals surface area contributed by atoms with E-state index in [-0.39, 0.29) is 6.54 Å². The Morgan fingerprint density at radius 1 is 1.22 bits per heavy atom. The Kier molecular flexibility index (Phi) is 3.58. The molecular weight excluding hydrogens is 245 g/mol. The lowest BCUT2D eigenvalue weighted by molar-refractivity contribution is -0.325. The third-order valence-electron chi connectivity index (χ3n) is 2.67. The van der Waals surface area contributed by atoms with Crippen molar-refractivity contribution in [3.05, 3.63) is 36.0 Å². The minimum Gasteiger partial charge on any atom is -0.345 e. The van der Waals surface area contributed by atoms with Crippen LogP contribution in [0.3, 0.4) is 0 Å². The van der Waals surface area contributed by atoms with Crippen molar-refractivity contribution in [2.24, 2.45) is 5.73 Å².